The number of nitrogens with one attached hydrogen (secondary N) is 1. The van der Waals surface area contributed by atoms with Crippen molar-refractivity contribution in [1.82, 2.24) is 4.72 Å². The van der Waals surface area contributed by atoms with Gasteiger partial charge in [0.25, 0.3) is 9.05 Å². The van der Waals surface area contributed by atoms with Crippen LogP contribution in [0.15, 0.2) is 28.0 Å². The number of hydrogen-bond acceptors (Lipinski definition) is 4. The number of alkyl halides is 1. The lowest BCUT2D eigenvalue weighted by molar-refractivity contribution is 0.469. The summed E-state index contributed by atoms with van der Waals surface area (Å²) in [5.41, 5.74) is 0. The van der Waals surface area contributed by atoms with Crippen LogP contribution in [0.5, 0.6) is 0 Å². The molecule has 19 heavy (non-hydrogen) atoms. The highest BCUT2D eigenvalue weighted by Gasteiger charge is 2.21. The van der Waals surface area contributed by atoms with Gasteiger partial charge in [0.1, 0.15) is 10.7 Å². The van der Waals surface area contributed by atoms with Gasteiger partial charge in [-0.15, -0.1) is 0 Å². The van der Waals surface area contributed by atoms with Crippen LogP contribution in [0.1, 0.15) is 6.42 Å². The van der Waals surface area contributed by atoms with E-state index in [0.717, 1.165) is 12.1 Å². The van der Waals surface area contributed by atoms with Crippen molar-refractivity contribution in [2.45, 2.75) is 16.2 Å². The normalized spacial score (nSPS) is 12.6. The summed E-state index contributed by atoms with van der Waals surface area (Å²) < 4.78 is 72.6. The van der Waals surface area contributed by atoms with Gasteiger partial charge in [0.2, 0.25) is 10.0 Å². The average molecular weight is 334 g/mol. The molecule has 0 aliphatic rings. The van der Waals surface area contributed by atoms with Crippen LogP contribution in [-0.2, 0) is 19.1 Å². The van der Waals surface area contributed by atoms with Gasteiger partial charge in [0.05, 0.1) is 11.6 Å². The van der Waals surface area contributed by atoms with Crippen LogP contribution in [0.2, 0.25) is 0 Å². The maximum Gasteiger partial charge on any atom is 0.261 e. The SMILES string of the molecule is O=S(=O)(Cl)c1ccc(S(=O)(=O)NCCCF)c(F)c1. The van der Waals surface area contributed by atoms with E-state index in [9.17, 15) is 25.6 Å². The van der Waals surface area contributed by atoms with E-state index in [1.165, 1.54) is 0 Å². The molecule has 0 atom stereocenters. The van der Waals surface area contributed by atoms with Crippen molar-refractivity contribution in [3.63, 3.8) is 0 Å². The second-order valence-electron chi connectivity index (χ2n) is 3.47. The van der Waals surface area contributed by atoms with E-state index in [0.29, 0.717) is 6.07 Å². The molecule has 1 N–H and O–H groups in total. The number of benzene rings is 1. The third kappa shape index (κ3) is 4.37. The minimum Gasteiger partial charge on any atom is -0.251 e. The Labute approximate surface area is 114 Å². The zero-order chi connectivity index (χ0) is 14.7. The summed E-state index contributed by atoms with van der Waals surface area (Å²) in [5, 5.41) is 0. The molecule has 0 saturated heterocycles. The maximum atomic E-state index is 13.6. The van der Waals surface area contributed by atoms with Crippen LogP contribution in [0.25, 0.3) is 0 Å². The van der Waals surface area contributed by atoms with Crippen molar-refractivity contribution in [3.05, 3.63) is 24.0 Å². The summed E-state index contributed by atoms with van der Waals surface area (Å²) in [6.45, 7) is -0.901. The first-order chi connectivity index (χ1) is 8.68. The molecule has 0 radical (unpaired) electrons. The molecule has 0 heterocycles. The summed E-state index contributed by atoms with van der Waals surface area (Å²) in [5.74, 6) is -1.26. The van der Waals surface area contributed by atoms with E-state index < -0.39 is 41.4 Å². The lowest BCUT2D eigenvalue weighted by Crippen LogP contribution is -2.26. The molecule has 0 bridgehead atoms. The molecule has 0 aliphatic heterocycles. The number of hydrogen-bond donors (Lipinski definition) is 1. The highest BCUT2D eigenvalue weighted by Crippen LogP contribution is 2.21. The summed E-state index contributed by atoms with van der Waals surface area (Å²) >= 11 is 0. The molecular weight excluding hydrogens is 324 g/mol. The molecule has 0 amide bonds. The lowest BCUT2D eigenvalue weighted by atomic mass is 10.3. The van der Waals surface area contributed by atoms with Crippen LogP contribution in [0, 0.1) is 5.82 Å². The molecule has 0 unspecified atom stereocenters. The molecule has 0 aromatic heterocycles. The van der Waals surface area contributed by atoms with Crippen molar-refractivity contribution < 1.29 is 25.6 Å². The minimum absolute atomic E-state index is 0.0466. The number of sulfonamides is 1. The van der Waals surface area contributed by atoms with Crippen LogP contribution in [0.4, 0.5) is 8.78 Å². The van der Waals surface area contributed by atoms with Crippen molar-refractivity contribution in [1.29, 1.82) is 0 Å². The average Bonchev–Trinajstić information content (AvgIpc) is 2.27. The van der Waals surface area contributed by atoms with Crippen molar-refractivity contribution in [2.75, 3.05) is 13.2 Å². The summed E-state index contributed by atoms with van der Waals surface area (Å²) in [6.07, 6.45) is -0.0466. The maximum absolute atomic E-state index is 13.6. The Bertz CT molecular complexity index is 661. The van der Waals surface area contributed by atoms with Crippen LogP contribution < -0.4 is 4.72 Å². The molecule has 0 saturated carbocycles. The number of halogens is 3. The molecule has 0 aliphatic carbocycles. The largest absolute Gasteiger partial charge is 0.261 e. The monoisotopic (exact) mass is 333 g/mol. The summed E-state index contributed by atoms with van der Waals surface area (Å²) in [4.78, 5) is -1.27. The highest BCUT2D eigenvalue weighted by molar-refractivity contribution is 8.13. The minimum atomic E-state index is -4.16. The van der Waals surface area contributed by atoms with Crippen molar-refractivity contribution in [3.8, 4) is 0 Å². The van der Waals surface area contributed by atoms with Gasteiger partial charge in [0, 0.05) is 17.2 Å². The van der Waals surface area contributed by atoms with E-state index >= 15 is 0 Å². The third-order valence-electron chi connectivity index (χ3n) is 2.08. The van der Waals surface area contributed by atoms with Gasteiger partial charge < -0.3 is 0 Å². The zero-order valence-electron chi connectivity index (χ0n) is 9.44. The first kappa shape index (κ1) is 16.3. The topological polar surface area (TPSA) is 80.3 Å². The van der Waals surface area contributed by atoms with Gasteiger partial charge in [-0.2, -0.15) is 0 Å². The second-order valence-corrected chi connectivity index (χ2v) is 7.77. The fourth-order valence-electron chi connectivity index (χ4n) is 1.20. The molecule has 0 spiro atoms. The Morgan fingerprint density at radius 2 is 1.84 bits per heavy atom. The molecule has 1 aromatic carbocycles. The predicted octanol–water partition coefficient (Wildman–Crippen LogP) is 1.39. The Morgan fingerprint density at radius 3 is 2.32 bits per heavy atom. The Balaban J connectivity index is 3.09. The van der Waals surface area contributed by atoms with Crippen molar-refractivity contribution >= 4 is 29.8 Å². The van der Waals surface area contributed by atoms with Crippen molar-refractivity contribution in [2.24, 2.45) is 0 Å². The smallest absolute Gasteiger partial charge is 0.251 e. The zero-order valence-corrected chi connectivity index (χ0v) is 11.8. The molecule has 1 aromatic rings. The lowest BCUT2D eigenvalue weighted by Gasteiger charge is -2.07. The van der Waals surface area contributed by atoms with E-state index in [4.69, 9.17) is 10.7 Å². The van der Waals surface area contributed by atoms with Gasteiger partial charge in [-0.25, -0.2) is 25.9 Å². The molecule has 1 rings (SSSR count). The molecule has 108 valence electrons. The van der Waals surface area contributed by atoms with E-state index in [-0.39, 0.29) is 13.0 Å². The third-order valence-corrected chi connectivity index (χ3v) is 4.92. The second kappa shape index (κ2) is 6.12. The Morgan fingerprint density at radius 1 is 1.21 bits per heavy atom. The van der Waals surface area contributed by atoms with Crippen LogP contribution in [0.3, 0.4) is 0 Å². The van der Waals surface area contributed by atoms with Gasteiger partial charge in [-0.3, -0.25) is 4.39 Å². The van der Waals surface area contributed by atoms with Crippen LogP contribution in [-0.4, -0.2) is 30.1 Å². The highest BCUT2D eigenvalue weighted by atomic mass is 35.7. The Kier molecular flexibility index (Phi) is 5.25. The molecular formula is C9H10ClF2NO4S2. The van der Waals surface area contributed by atoms with E-state index in [1.807, 2.05) is 4.72 Å². The standard InChI is InChI=1S/C9H10ClF2NO4S2/c10-18(14,15)7-2-3-9(8(12)6-7)19(16,17)13-5-1-4-11/h2-3,6,13H,1,4-5H2. The Hall–Kier alpha value is -0.770. The molecule has 5 nitrogen and oxygen atoms in total. The summed E-state index contributed by atoms with van der Waals surface area (Å²) in [7, 11) is -3.30. The first-order valence-electron chi connectivity index (χ1n) is 4.98. The first-order valence-corrected chi connectivity index (χ1v) is 8.77. The predicted molar refractivity (Wildman–Crippen MR) is 65.2 cm³/mol. The van der Waals surface area contributed by atoms with Gasteiger partial charge in [-0.05, 0) is 24.6 Å². The van der Waals surface area contributed by atoms with E-state index in [2.05, 4.69) is 0 Å². The molecule has 10 heteroatoms. The number of rotatable bonds is 6. The fraction of sp³-hybridized carbons (Fsp3) is 0.333. The molecule has 0 fully saturated rings. The summed E-state index contributed by atoms with van der Waals surface area (Å²) in [6, 6.07) is 2.16. The van der Waals surface area contributed by atoms with E-state index in [1.54, 1.807) is 0 Å². The fourth-order valence-corrected chi connectivity index (χ4v) is 3.10. The van der Waals surface area contributed by atoms with Gasteiger partial charge in [-0.1, -0.05) is 0 Å². The van der Waals surface area contributed by atoms with Gasteiger partial charge in [0.15, 0.2) is 0 Å². The quantitative estimate of drug-likeness (QED) is 0.630. The van der Waals surface area contributed by atoms with Gasteiger partial charge >= 0.3 is 0 Å². The van der Waals surface area contributed by atoms with Crippen LogP contribution >= 0.6 is 10.7 Å².